The van der Waals surface area contributed by atoms with Crippen molar-refractivity contribution in [3.05, 3.63) is 63.9 Å². The van der Waals surface area contributed by atoms with Crippen LogP contribution >= 0.6 is 0 Å². The Kier molecular flexibility index (Phi) is 6.16. The molecule has 4 aliphatic carbocycles. The molecular weight excluding hydrogens is 518 g/mol. The highest BCUT2D eigenvalue weighted by atomic mass is 19.1. The van der Waals surface area contributed by atoms with E-state index in [9.17, 15) is 19.1 Å². The van der Waals surface area contributed by atoms with E-state index in [0.717, 1.165) is 31.4 Å². The maximum Gasteiger partial charge on any atom is 0.257 e. The molecule has 3 heterocycles. The first-order valence-corrected chi connectivity index (χ1v) is 14.1. The molecule has 8 rings (SSSR count). The van der Waals surface area contributed by atoms with Gasteiger partial charge >= 0.3 is 0 Å². The number of amides is 1. The zero-order chi connectivity index (χ0) is 27.6. The molecule has 1 aromatic carbocycles. The highest BCUT2D eigenvalue weighted by Gasteiger charge is 2.51. The van der Waals surface area contributed by atoms with Crippen LogP contribution in [0.15, 0.2) is 41.3 Å². The second-order valence-electron chi connectivity index (χ2n) is 12.1. The molecule has 5 fully saturated rings. The van der Waals surface area contributed by atoms with Crippen molar-refractivity contribution < 1.29 is 23.4 Å². The van der Waals surface area contributed by atoms with Crippen molar-refractivity contribution >= 4 is 22.8 Å². The smallest absolute Gasteiger partial charge is 0.257 e. The minimum absolute atomic E-state index is 0.0272. The summed E-state index contributed by atoms with van der Waals surface area (Å²) in [5.41, 5.74) is -0.781. The molecular formula is C30H32F2N4O4. The number of aliphatic hydroxyl groups is 1. The van der Waals surface area contributed by atoms with Gasteiger partial charge in [0.15, 0.2) is 5.65 Å². The highest BCUT2D eigenvalue weighted by Crippen LogP contribution is 2.55. The van der Waals surface area contributed by atoms with Crippen molar-refractivity contribution in [1.82, 2.24) is 14.9 Å². The number of hydrogen-bond donors (Lipinski definition) is 2. The Morgan fingerprint density at radius 2 is 1.82 bits per heavy atom. The number of ether oxygens (including phenoxy) is 1. The van der Waals surface area contributed by atoms with Crippen LogP contribution in [0.5, 0.6) is 0 Å². The number of benzene rings is 1. The fourth-order valence-electron chi connectivity index (χ4n) is 8.05. The van der Waals surface area contributed by atoms with E-state index in [2.05, 4.69) is 5.32 Å². The number of carbonyl (C=O) groups is 1. The lowest BCUT2D eigenvalue weighted by atomic mass is 9.53. The third-order valence-electron chi connectivity index (χ3n) is 9.40. The third-order valence-corrected chi connectivity index (χ3v) is 9.40. The van der Waals surface area contributed by atoms with Gasteiger partial charge in [-0.1, -0.05) is 0 Å². The number of carbonyl (C=O) groups excluding carboxylic acids is 1. The van der Waals surface area contributed by atoms with Gasteiger partial charge in [0, 0.05) is 24.3 Å². The van der Waals surface area contributed by atoms with Crippen LogP contribution in [-0.2, 0) is 4.74 Å². The Morgan fingerprint density at radius 1 is 1.10 bits per heavy atom. The van der Waals surface area contributed by atoms with E-state index in [1.54, 1.807) is 12.1 Å². The van der Waals surface area contributed by atoms with Gasteiger partial charge in [-0.3, -0.25) is 14.2 Å². The number of nitrogens with zero attached hydrogens (tertiary/aromatic N) is 3. The molecule has 0 spiro atoms. The standard InChI is InChI=1S/C30H32F2N4O4/c31-20-1-3-25(24(32)10-20)36-14-23(29(39)34-30-11-17-7-18(12-30)9-19(8-17)13-30)27(38)22-2-4-26(33-28(22)36)35-5-6-40-16-21(35)15-37/h1-4,10,14,17-19,21,37H,5-9,11-13,15-16H2,(H,34,39)/t17?,18?,19?,21-,30?/m1/s1. The van der Waals surface area contributed by atoms with Gasteiger partial charge in [0.1, 0.15) is 23.0 Å². The van der Waals surface area contributed by atoms with E-state index in [1.807, 2.05) is 4.90 Å². The van der Waals surface area contributed by atoms with E-state index >= 15 is 4.39 Å². The summed E-state index contributed by atoms with van der Waals surface area (Å²) >= 11 is 0. The maximum absolute atomic E-state index is 15.1. The van der Waals surface area contributed by atoms with Gasteiger partial charge < -0.3 is 20.1 Å². The fraction of sp³-hybridized carbons (Fsp3) is 0.500. The van der Waals surface area contributed by atoms with E-state index in [-0.39, 0.29) is 40.5 Å². The van der Waals surface area contributed by atoms with Crippen molar-refractivity contribution in [1.29, 1.82) is 0 Å². The number of nitrogens with one attached hydrogen (secondary N) is 1. The largest absolute Gasteiger partial charge is 0.394 e. The summed E-state index contributed by atoms with van der Waals surface area (Å²) in [6.45, 7) is 1.09. The van der Waals surface area contributed by atoms with Crippen LogP contribution in [0.25, 0.3) is 16.7 Å². The van der Waals surface area contributed by atoms with Crippen molar-refractivity contribution in [3.63, 3.8) is 0 Å². The Labute approximate surface area is 230 Å². The average Bonchev–Trinajstić information content (AvgIpc) is 2.92. The summed E-state index contributed by atoms with van der Waals surface area (Å²) in [6.07, 6.45) is 7.76. The summed E-state index contributed by atoms with van der Waals surface area (Å²) in [5, 5.41) is 13.3. The predicted molar refractivity (Wildman–Crippen MR) is 145 cm³/mol. The Morgan fingerprint density at radius 3 is 2.50 bits per heavy atom. The molecule has 10 heteroatoms. The van der Waals surface area contributed by atoms with E-state index < -0.39 is 23.0 Å². The zero-order valence-electron chi connectivity index (χ0n) is 22.1. The molecule has 210 valence electrons. The lowest BCUT2D eigenvalue weighted by Gasteiger charge is -2.56. The molecule has 1 saturated heterocycles. The number of rotatable bonds is 5. The molecule has 0 radical (unpaired) electrons. The summed E-state index contributed by atoms with van der Waals surface area (Å²) in [6, 6.07) is 6.10. The topological polar surface area (TPSA) is 96.7 Å². The van der Waals surface area contributed by atoms with Gasteiger partial charge in [-0.05, 0) is 80.5 Å². The van der Waals surface area contributed by atoms with E-state index in [1.165, 1.54) is 36.1 Å². The van der Waals surface area contributed by atoms with Crippen molar-refractivity contribution in [2.75, 3.05) is 31.3 Å². The van der Waals surface area contributed by atoms with Gasteiger partial charge in [0.25, 0.3) is 5.91 Å². The van der Waals surface area contributed by atoms with Crippen molar-refractivity contribution in [3.8, 4) is 5.69 Å². The molecule has 3 aromatic rings. The second kappa shape index (κ2) is 9.62. The van der Waals surface area contributed by atoms with Crippen LogP contribution < -0.4 is 15.6 Å². The van der Waals surface area contributed by atoms with Crippen LogP contribution in [0.2, 0.25) is 0 Å². The summed E-state index contributed by atoms with van der Waals surface area (Å²) < 4.78 is 35.8. The first kappa shape index (κ1) is 25.6. The summed E-state index contributed by atoms with van der Waals surface area (Å²) in [4.78, 5) is 34.1. The molecule has 5 aliphatic rings. The first-order valence-electron chi connectivity index (χ1n) is 14.1. The molecule has 4 bridgehead atoms. The predicted octanol–water partition coefficient (Wildman–Crippen LogP) is 3.56. The highest BCUT2D eigenvalue weighted by molar-refractivity contribution is 5.97. The van der Waals surface area contributed by atoms with Crippen molar-refractivity contribution in [2.24, 2.45) is 17.8 Å². The molecule has 1 aliphatic heterocycles. The monoisotopic (exact) mass is 550 g/mol. The number of hydrogen-bond acceptors (Lipinski definition) is 6. The molecule has 4 saturated carbocycles. The molecule has 1 amide bonds. The normalized spacial score (nSPS) is 29.2. The number of pyridine rings is 2. The van der Waals surface area contributed by atoms with Crippen LogP contribution in [-0.4, -0.2) is 58.5 Å². The third kappa shape index (κ3) is 4.28. The van der Waals surface area contributed by atoms with Crippen LogP contribution in [0.4, 0.5) is 14.6 Å². The van der Waals surface area contributed by atoms with Gasteiger partial charge in [0.2, 0.25) is 5.43 Å². The molecule has 40 heavy (non-hydrogen) atoms. The molecule has 1 atom stereocenters. The maximum atomic E-state index is 15.1. The van der Waals surface area contributed by atoms with Gasteiger partial charge in [-0.25, -0.2) is 13.8 Å². The van der Waals surface area contributed by atoms with Gasteiger partial charge in [0.05, 0.1) is 36.9 Å². The van der Waals surface area contributed by atoms with Crippen molar-refractivity contribution in [2.45, 2.75) is 50.1 Å². The van der Waals surface area contributed by atoms with Crippen LogP contribution in [0.3, 0.4) is 0 Å². The lowest BCUT2D eigenvalue weighted by Crippen LogP contribution is -2.60. The molecule has 2 N–H and O–H groups in total. The first-order chi connectivity index (χ1) is 19.3. The summed E-state index contributed by atoms with van der Waals surface area (Å²) in [7, 11) is 0. The Balaban J connectivity index is 1.34. The van der Waals surface area contributed by atoms with Gasteiger partial charge in [-0.15, -0.1) is 0 Å². The van der Waals surface area contributed by atoms with E-state index in [4.69, 9.17) is 9.72 Å². The number of halogens is 2. The Hall–Kier alpha value is -3.37. The SMILES string of the molecule is O=C(NC12CC3CC(CC(C3)C1)C2)c1cn(-c2ccc(F)cc2F)c2nc(N3CCOC[C@H]3CO)ccc2c1=O. The number of aromatic nitrogens is 2. The Bertz CT molecular complexity index is 1520. The number of anilines is 1. The van der Waals surface area contributed by atoms with E-state index in [0.29, 0.717) is 43.3 Å². The number of aliphatic hydroxyl groups excluding tert-OH is 1. The summed E-state index contributed by atoms with van der Waals surface area (Å²) in [5.74, 6) is 0.262. The van der Waals surface area contributed by atoms with Crippen LogP contribution in [0, 0.1) is 29.4 Å². The minimum Gasteiger partial charge on any atom is -0.394 e. The van der Waals surface area contributed by atoms with Gasteiger partial charge in [-0.2, -0.15) is 0 Å². The fourth-order valence-corrected chi connectivity index (χ4v) is 8.05. The minimum atomic E-state index is -0.843. The number of fused-ring (bicyclic) bond motifs is 1. The molecule has 0 unspecified atom stereocenters. The average molecular weight is 551 g/mol. The number of morpholine rings is 1. The van der Waals surface area contributed by atoms with Crippen LogP contribution in [0.1, 0.15) is 48.9 Å². The lowest BCUT2D eigenvalue weighted by molar-refractivity contribution is -0.0167. The molecule has 2 aromatic heterocycles. The molecule has 8 nitrogen and oxygen atoms in total. The zero-order valence-corrected chi connectivity index (χ0v) is 22.1. The second-order valence-corrected chi connectivity index (χ2v) is 12.1. The quantitative estimate of drug-likeness (QED) is 0.505.